The van der Waals surface area contributed by atoms with Crippen molar-refractivity contribution >= 4 is 34.6 Å². The van der Waals surface area contributed by atoms with Crippen LogP contribution in [0.15, 0.2) is 54.9 Å². The van der Waals surface area contributed by atoms with E-state index in [2.05, 4.69) is 20.6 Å². The van der Waals surface area contributed by atoms with Crippen LogP contribution < -0.4 is 10.6 Å². The summed E-state index contributed by atoms with van der Waals surface area (Å²) in [7, 11) is 0. The molecule has 0 bridgehead atoms. The first kappa shape index (κ1) is 15.2. The van der Waals surface area contributed by atoms with Gasteiger partial charge >= 0.3 is 0 Å². The molecule has 0 atom stereocenters. The molecule has 2 N–H and O–H groups in total. The van der Waals surface area contributed by atoms with E-state index in [9.17, 15) is 4.39 Å². The van der Waals surface area contributed by atoms with E-state index >= 15 is 0 Å². The number of benzene rings is 2. The number of nitrogens with one attached hydrogen (secondary N) is 2. The normalized spacial score (nSPS) is 10.4. The highest BCUT2D eigenvalue weighted by atomic mass is 35.5. The Balaban J connectivity index is 1.79. The molecule has 0 aliphatic rings. The van der Waals surface area contributed by atoms with Gasteiger partial charge in [-0.2, -0.15) is 0 Å². The van der Waals surface area contributed by atoms with Crippen LogP contribution in [0.3, 0.4) is 0 Å². The minimum atomic E-state index is -0.281. The number of hydrogen-bond acceptors (Lipinski definition) is 4. The monoisotopic (exact) mass is 328 g/mol. The summed E-state index contributed by atoms with van der Waals surface area (Å²) in [5, 5.41) is 7.00. The Morgan fingerprint density at radius 2 is 1.65 bits per heavy atom. The Labute approximate surface area is 138 Å². The fourth-order valence-corrected chi connectivity index (χ4v) is 2.23. The van der Waals surface area contributed by atoms with Crippen molar-refractivity contribution in [1.82, 2.24) is 9.97 Å². The SMILES string of the molecule is Cc1c(Cl)cccc1Nc1cc(Nc2ccc(F)cc2)ncn1. The third-order valence-corrected chi connectivity index (χ3v) is 3.72. The van der Waals surface area contributed by atoms with Gasteiger partial charge in [0, 0.05) is 22.5 Å². The van der Waals surface area contributed by atoms with Crippen molar-refractivity contribution in [2.24, 2.45) is 0 Å². The minimum absolute atomic E-state index is 0.281. The summed E-state index contributed by atoms with van der Waals surface area (Å²) in [4.78, 5) is 8.35. The highest BCUT2D eigenvalue weighted by Gasteiger charge is 2.05. The molecule has 1 aromatic heterocycles. The van der Waals surface area contributed by atoms with Crippen LogP contribution in [0.4, 0.5) is 27.4 Å². The molecule has 6 heteroatoms. The van der Waals surface area contributed by atoms with Gasteiger partial charge in [0.1, 0.15) is 23.8 Å². The maximum atomic E-state index is 12.9. The number of halogens is 2. The first-order valence-electron chi connectivity index (χ1n) is 6.98. The van der Waals surface area contributed by atoms with Gasteiger partial charge in [0.2, 0.25) is 0 Å². The molecule has 0 saturated carbocycles. The lowest BCUT2D eigenvalue weighted by molar-refractivity contribution is 0.628. The van der Waals surface area contributed by atoms with Gasteiger partial charge in [-0.1, -0.05) is 17.7 Å². The van der Waals surface area contributed by atoms with Crippen molar-refractivity contribution in [1.29, 1.82) is 0 Å². The summed E-state index contributed by atoms with van der Waals surface area (Å²) >= 11 is 6.12. The minimum Gasteiger partial charge on any atom is -0.340 e. The Morgan fingerprint density at radius 1 is 0.957 bits per heavy atom. The lowest BCUT2D eigenvalue weighted by Gasteiger charge is -2.11. The Morgan fingerprint density at radius 3 is 2.39 bits per heavy atom. The molecular formula is C17H14ClFN4. The first-order chi connectivity index (χ1) is 11.1. The van der Waals surface area contributed by atoms with Gasteiger partial charge in [-0.25, -0.2) is 14.4 Å². The molecule has 0 amide bonds. The van der Waals surface area contributed by atoms with E-state index in [4.69, 9.17) is 11.6 Å². The van der Waals surface area contributed by atoms with E-state index in [0.29, 0.717) is 16.7 Å². The number of rotatable bonds is 4. The molecule has 116 valence electrons. The number of aromatic nitrogens is 2. The van der Waals surface area contributed by atoms with E-state index in [-0.39, 0.29) is 5.82 Å². The predicted octanol–water partition coefficient (Wildman–Crippen LogP) is 5.06. The molecule has 0 unspecified atom stereocenters. The second-order valence-electron chi connectivity index (χ2n) is 4.96. The Hall–Kier alpha value is -2.66. The van der Waals surface area contributed by atoms with Crippen molar-refractivity contribution in [3.8, 4) is 0 Å². The molecule has 0 saturated heterocycles. The zero-order chi connectivity index (χ0) is 16.2. The van der Waals surface area contributed by atoms with Crippen LogP contribution in [0.2, 0.25) is 5.02 Å². The molecule has 3 rings (SSSR count). The molecule has 0 radical (unpaired) electrons. The molecule has 2 aromatic carbocycles. The van der Waals surface area contributed by atoms with Crippen molar-refractivity contribution in [2.45, 2.75) is 6.92 Å². The second kappa shape index (κ2) is 6.62. The Bertz CT molecular complexity index is 821. The molecule has 4 nitrogen and oxygen atoms in total. The Kier molecular flexibility index (Phi) is 4.39. The van der Waals surface area contributed by atoms with Crippen LogP contribution in [-0.2, 0) is 0 Å². The van der Waals surface area contributed by atoms with Gasteiger partial charge in [0.15, 0.2) is 0 Å². The van der Waals surface area contributed by atoms with Crippen LogP contribution in [0.1, 0.15) is 5.56 Å². The van der Waals surface area contributed by atoms with Crippen LogP contribution in [0.25, 0.3) is 0 Å². The van der Waals surface area contributed by atoms with Gasteiger partial charge in [-0.3, -0.25) is 0 Å². The van der Waals surface area contributed by atoms with Crippen molar-refractivity contribution < 1.29 is 4.39 Å². The fourth-order valence-electron chi connectivity index (χ4n) is 2.06. The quantitative estimate of drug-likeness (QED) is 0.702. The molecule has 0 fully saturated rings. The molecule has 0 aliphatic heterocycles. The third-order valence-electron chi connectivity index (χ3n) is 3.31. The largest absolute Gasteiger partial charge is 0.340 e. The van der Waals surface area contributed by atoms with Crippen molar-refractivity contribution in [2.75, 3.05) is 10.6 Å². The maximum absolute atomic E-state index is 12.9. The van der Waals surface area contributed by atoms with E-state index in [1.54, 1.807) is 18.2 Å². The second-order valence-corrected chi connectivity index (χ2v) is 5.36. The van der Waals surface area contributed by atoms with Crippen LogP contribution >= 0.6 is 11.6 Å². The summed E-state index contributed by atoms with van der Waals surface area (Å²) in [5.74, 6) is 0.959. The molecule has 0 spiro atoms. The third kappa shape index (κ3) is 3.76. The number of hydrogen-bond donors (Lipinski definition) is 2. The first-order valence-corrected chi connectivity index (χ1v) is 7.36. The van der Waals surface area contributed by atoms with Gasteiger partial charge in [-0.05, 0) is 48.9 Å². The number of anilines is 4. The lowest BCUT2D eigenvalue weighted by Crippen LogP contribution is -1.99. The summed E-state index contributed by atoms with van der Waals surface area (Å²) in [6, 6.07) is 13.5. The average Bonchev–Trinajstić information content (AvgIpc) is 2.54. The van der Waals surface area contributed by atoms with Gasteiger partial charge in [-0.15, -0.1) is 0 Å². The van der Waals surface area contributed by atoms with E-state index in [1.807, 2.05) is 25.1 Å². The summed E-state index contributed by atoms with van der Waals surface area (Å²) in [6.07, 6.45) is 1.45. The highest BCUT2D eigenvalue weighted by molar-refractivity contribution is 6.31. The summed E-state index contributed by atoms with van der Waals surface area (Å²) in [6.45, 7) is 1.93. The number of nitrogens with zero attached hydrogens (tertiary/aromatic N) is 2. The average molecular weight is 329 g/mol. The molecule has 0 aliphatic carbocycles. The van der Waals surface area contributed by atoms with Gasteiger partial charge in [0.25, 0.3) is 0 Å². The topological polar surface area (TPSA) is 49.8 Å². The van der Waals surface area contributed by atoms with Gasteiger partial charge < -0.3 is 10.6 Å². The smallest absolute Gasteiger partial charge is 0.135 e. The molecule has 1 heterocycles. The van der Waals surface area contributed by atoms with Crippen molar-refractivity contribution in [3.63, 3.8) is 0 Å². The molecule has 23 heavy (non-hydrogen) atoms. The van der Waals surface area contributed by atoms with Crippen LogP contribution in [-0.4, -0.2) is 9.97 Å². The van der Waals surface area contributed by atoms with Gasteiger partial charge in [0.05, 0.1) is 0 Å². The highest BCUT2D eigenvalue weighted by Crippen LogP contribution is 2.26. The lowest BCUT2D eigenvalue weighted by atomic mass is 10.2. The van der Waals surface area contributed by atoms with Crippen LogP contribution in [0.5, 0.6) is 0 Å². The fraction of sp³-hybridized carbons (Fsp3) is 0.0588. The standard InChI is InChI=1S/C17H14ClFN4/c1-11-14(18)3-2-4-15(11)23-17-9-16(20-10-21-17)22-13-7-5-12(19)6-8-13/h2-10H,1H3,(H2,20,21,22,23). The molecule has 3 aromatic rings. The summed E-state index contributed by atoms with van der Waals surface area (Å²) < 4.78 is 12.9. The maximum Gasteiger partial charge on any atom is 0.135 e. The van der Waals surface area contributed by atoms with E-state index in [1.165, 1.54) is 18.5 Å². The predicted molar refractivity (Wildman–Crippen MR) is 91.2 cm³/mol. The van der Waals surface area contributed by atoms with E-state index < -0.39 is 0 Å². The van der Waals surface area contributed by atoms with Crippen molar-refractivity contribution in [3.05, 3.63) is 71.3 Å². The summed E-state index contributed by atoms with van der Waals surface area (Å²) in [5.41, 5.74) is 2.57. The zero-order valence-corrected chi connectivity index (χ0v) is 13.1. The van der Waals surface area contributed by atoms with Crippen LogP contribution in [0, 0.1) is 12.7 Å². The zero-order valence-electron chi connectivity index (χ0n) is 12.3. The molecular weight excluding hydrogens is 315 g/mol. The van der Waals surface area contributed by atoms with E-state index in [0.717, 1.165) is 16.9 Å².